The molecule has 2 N–H and O–H groups in total. The summed E-state index contributed by atoms with van der Waals surface area (Å²) in [7, 11) is 0. The van der Waals surface area contributed by atoms with Gasteiger partial charge >= 0.3 is 0 Å². The van der Waals surface area contributed by atoms with Gasteiger partial charge in [0.1, 0.15) is 11.9 Å². The minimum Gasteiger partial charge on any atom is -0.396 e. The molecule has 1 aliphatic carbocycles. The summed E-state index contributed by atoms with van der Waals surface area (Å²) in [4.78, 5) is 0. The van der Waals surface area contributed by atoms with E-state index in [2.05, 4.69) is 5.10 Å². The molecule has 1 aromatic heterocycles. The van der Waals surface area contributed by atoms with E-state index in [-0.39, 0.29) is 0 Å². The molecule has 0 spiro atoms. The standard InChI is InChI=1S/C11H18FN3.C2H6/c1-8(12)11-10(13)7-15(14-11)9-5-3-2-4-6-9;1-2/h7-9H,2-6,13H2,1H3;1-2H3. The van der Waals surface area contributed by atoms with Crippen LogP contribution in [0.3, 0.4) is 0 Å². The van der Waals surface area contributed by atoms with E-state index in [0.717, 1.165) is 12.8 Å². The molecule has 3 nitrogen and oxygen atoms in total. The van der Waals surface area contributed by atoms with Gasteiger partial charge in [0.05, 0.1) is 11.7 Å². The molecule has 0 aromatic carbocycles. The van der Waals surface area contributed by atoms with Crippen molar-refractivity contribution >= 4 is 5.69 Å². The van der Waals surface area contributed by atoms with Crippen molar-refractivity contribution in [2.24, 2.45) is 0 Å². The van der Waals surface area contributed by atoms with Gasteiger partial charge in [-0.25, -0.2) is 4.39 Å². The zero-order chi connectivity index (χ0) is 12.8. The predicted molar refractivity (Wildman–Crippen MR) is 69.6 cm³/mol. The molecule has 0 saturated heterocycles. The normalized spacial score (nSPS) is 18.4. The average Bonchev–Trinajstić information content (AvgIpc) is 2.75. The summed E-state index contributed by atoms with van der Waals surface area (Å²) in [6.07, 6.45) is 6.77. The average molecular weight is 241 g/mol. The fourth-order valence-electron chi connectivity index (χ4n) is 2.26. The quantitative estimate of drug-likeness (QED) is 0.849. The first-order valence-corrected chi connectivity index (χ1v) is 6.67. The Hall–Kier alpha value is -1.06. The van der Waals surface area contributed by atoms with Crippen LogP contribution in [0.15, 0.2) is 6.20 Å². The third-order valence-corrected chi connectivity index (χ3v) is 3.12. The van der Waals surface area contributed by atoms with Crippen molar-refractivity contribution < 1.29 is 4.39 Å². The van der Waals surface area contributed by atoms with Gasteiger partial charge in [-0.2, -0.15) is 5.10 Å². The number of alkyl halides is 1. The second-order valence-electron chi connectivity index (χ2n) is 4.36. The Balaban J connectivity index is 0.000000686. The molecule has 1 aliphatic rings. The first-order valence-electron chi connectivity index (χ1n) is 6.67. The maximum atomic E-state index is 13.1. The van der Waals surface area contributed by atoms with E-state index in [4.69, 9.17) is 5.73 Å². The van der Waals surface area contributed by atoms with Gasteiger partial charge in [-0.15, -0.1) is 0 Å². The maximum absolute atomic E-state index is 13.1. The van der Waals surface area contributed by atoms with Gasteiger partial charge in [0.15, 0.2) is 0 Å². The number of hydrogen-bond acceptors (Lipinski definition) is 2. The Morgan fingerprint density at radius 1 is 1.35 bits per heavy atom. The highest BCUT2D eigenvalue weighted by Crippen LogP contribution is 2.30. The summed E-state index contributed by atoms with van der Waals surface area (Å²) in [5.41, 5.74) is 6.60. The second-order valence-corrected chi connectivity index (χ2v) is 4.36. The summed E-state index contributed by atoms with van der Waals surface area (Å²) in [6, 6.07) is 0.425. The second kappa shape index (κ2) is 6.62. The molecule has 1 heterocycles. The summed E-state index contributed by atoms with van der Waals surface area (Å²) in [6.45, 7) is 5.48. The molecule has 1 unspecified atom stereocenters. The van der Waals surface area contributed by atoms with E-state index in [0.29, 0.717) is 17.4 Å². The summed E-state index contributed by atoms with van der Waals surface area (Å²) >= 11 is 0. The SMILES string of the molecule is CC.CC(F)c1nn(C2CCCCC2)cc1N. The molecule has 98 valence electrons. The molecule has 17 heavy (non-hydrogen) atoms. The number of nitrogens with zero attached hydrogens (tertiary/aromatic N) is 2. The van der Waals surface area contributed by atoms with Crippen molar-refractivity contribution in [1.82, 2.24) is 9.78 Å². The van der Waals surface area contributed by atoms with Crippen LogP contribution >= 0.6 is 0 Å². The summed E-state index contributed by atoms with van der Waals surface area (Å²) in [5.74, 6) is 0. The van der Waals surface area contributed by atoms with Crippen LogP contribution in [0.4, 0.5) is 10.1 Å². The van der Waals surface area contributed by atoms with Crippen molar-refractivity contribution in [1.29, 1.82) is 0 Å². The van der Waals surface area contributed by atoms with Gasteiger partial charge < -0.3 is 5.73 Å². The van der Waals surface area contributed by atoms with Crippen molar-refractivity contribution in [3.8, 4) is 0 Å². The van der Waals surface area contributed by atoms with E-state index >= 15 is 0 Å². The Labute approximate surface area is 103 Å². The maximum Gasteiger partial charge on any atom is 0.143 e. The minimum absolute atomic E-state index is 0.389. The van der Waals surface area contributed by atoms with Gasteiger partial charge in [-0.1, -0.05) is 33.1 Å². The predicted octanol–water partition coefficient (Wildman–Crippen LogP) is 4.03. The van der Waals surface area contributed by atoms with E-state index in [1.165, 1.54) is 26.2 Å². The van der Waals surface area contributed by atoms with Crippen LogP contribution in [-0.4, -0.2) is 9.78 Å². The summed E-state index contributed by atoms with van der Waals surface area (Å²) in [5, 5.41) is 4.25. The molecule has 0 aliphatic heterocycles. The van der Waals surface area contributed by atoms with Crippen molar-refractivity contribution in [2.45, 2.75) is 65.1 Å². The number of rotatable bonds is 2. The molecule has 1 aromatic rings. The lowest BCUT2D eigenvalue weighted by molar-refractivity contribution is 0.316. The third-order valence-electron chi connectivity index (χ3n) is 3.12. The Morgan fingerprint density at radius 2 is 1.94 bits per heavy atom. The lowest BCUT2D eigenvalue weighted by atomic mass is 9.96. The number of anilines is 1. The Morgan fingerprint density at radius 3 is 2.41 bits per heavy atom. The van der Waals surface area contributed by atoms with Crippen molar-refractivity contribution in [3.05, 3.63) is 11.9 Å². The molecule has 0 bridgehead atoms. The zero-order valence-electron chi connectivity index (χ0n) is 11.1. The molecule has 0 radical (unpaired) electrons. The number of nitrogens with two attached hydrogens (primary N) is 1. The van der Waals surface area contributed by atoms with Crippen molar-refractivity contribution in [2.75, 3.05) is 5.73 Å². The number of hydrogen-bond donors (Lipinski definition) is 1. The molecular formula is C13H24FN3. The molecule has 1 atom stereocenters. The fraction of sp³-hybridized carbons (Fsp3) is 0.769. The summed E-state index contributed by atoms with van der Waals surface area (Å²) < 4.78 is 15.0. The van der Waals surface area contributed by atoms with Gasteiger partial charge in [-0.05, 0) is 19.8 Å². The highest BCUT2D eigenvalue weighted by molar-refractivity contribution is 5.41. The largest absolute Gasteiger partial charge is 0.396 e. The fourth-order valence-corrected chi connectivity index (χ4v) is 2.26. The van der Waals surface area contributed by atoms with Gasteiger partial charge in [0.2, 0.25) is 0 Å². The number of aromatic nitrogens is 2. The molecule has 1 saturated carbocycles. The van der Waals surface area contributed by atoms with E-state index in [1.54, 1.807) is 6.20 Å². The van der Waals surface area contributed by atoms with Crippen LogP contribution in [0.2, 0.25) is 0 Å². The molecule has 4 heteroatoms. The minimum atomic E-state index is -1.07. The Bertz CT molecular complexity index is 327. The van der Waals surface area contributed by atoms with Gasteiger partial charge in [0, 0.05) is 6.20 Å². The van der Waals surface area contributed by atoms with E-state index in [9.17, 15) is 4.39 Å². The van der Waals surface area contributed by atoms with Crippen LogP contribution < -0.4 is 5.73 Å². The van der Waals surface area contributed by atoms with Crippen LogP contribution in [-0.2, 0) is 0 Å². The number of nitrogen functional groups attached to an aromatic ring is 1. The van der Waals surface area contributed by atoms with Crippen LogP contribution in [0, 0.1) is 0 Å². The smallest absolute Gasteiger partial charge is 0.143 e. The van der Waals surface area contributed by atoms with Crippen LogP contribution in [0.5, 0.6) is 0 Å². The molecule has 1 fully saturated rings. The molecule has 2 rings (SSSR count). The first-order chi connectivity index (χ1) is 8.18. The third kappa shape index (κ3) is 3.45. The highest BCUT2D eigenvalue weighted by Gasteiger charge is 2.19. The topological polar surface area (TPSA) is 43.8 Å². The monoisotopic (exact) mass is 241 g/mol. The van der Waals surface area contributed by atoms with Crippen LogP contribution in [0.1, 0.15) is 70.8 Å². The van der Waals surface area contributed by atoms with E-state index < -0.39 is 6.17 Å². The lowest BCUT2D eigenvalue weighted by Crippen LogP contribution is -2.13. The van der Waals surface area contributed by atoms with Gasteiger partial charge in [0.25, 0.3) is 0 Å². The van der Waals surface area contributed by atoms with Crippen LogP contribution in [0.25, 0.3) is 0 Å². The van der Waals surface area contributed by atoms with E-state index in [1.807, 2.05) is 18.5 Å². The first kappa shape index (κ1) is 14.0. The molecular weight excluding hydrogens is 217 g/mol. The van der Waals surface area contributed by atoms with Gasteiger partial charge in [-0.3, -0.25) is 4.68 Å². The number of halogens is 1. The lowest BCUT2D eigenvalue weighted by Gasteiger charge is -2.21. The molecule has 0 amide bonds. The zero-order valence-corrected chi connectivity index (χ0v) is 11.1. The van der Waals surface area contributed by atoms with Crippen molar-refractivity contribution in [3.63, 3.8) is 0 Å². The highest BCUT2D eigenvalue weighted by atomic mass is 19.1. The Kier molecular flexibility index (Phi) is 5.45.